The number of ether oxygens (including phenoxy) is 1. The van der Waals surface area contributed by atoms with Gasteiger partial charge in [-0.1, -0.05) is 0 Å². The molecular weight excluding hydrogens is 142 g/mol. The largest absolute Gasteiger partial charge is 0.497 e. The maximum Gasteiger partial charge on any atom is 0.119 e. The molecule has 0 aliphatic rings. The van der Waals surface area contributed by atoms with Crippen molar-refractivity contribution in [3.8, 4) is 5.75 Å². The summed E-state index contributed by atoms with van der Waals surface area (Å²) in [6.07, 6.45) is 0. The van der Waals surface area contributed by atoms with Crippen molar-refractivity contribution >= 4 is 5.69 Å². The number of nitrogens with one attached hydrogen (secondary N) is 1. The molecule has 2 N–H and O–H groups in total. The van der Waals surface area contributed by atoms with E-state index in [2.05, 4.69) is 5.48 Å². The van der Waals surface area contributed by atoms with E-state index in [0.717, 1.165) is 11.3 Å². The third kappa shape index (κ3) is 1.62. The van der Waals surface area contributed by atoms with E-state index in [1.165, 1.54) is 0 Å². The highest BCUT2D eigenvalue weighted by Crippen LogP contribution is 2.19. The minimum atomic E-state index is 0.700. The molecule has 1 rings (SSSR count). The zero-order valence-corrected chi connectivity index (χ0v) is 6.59. The average Bonchev–Trinajstić information content (AvgIpc) is 2.04. The molecule has 0 spiro atoms. The molecule has 3 nitrogen and oxygen atoms in total. The van der Waals surface area contributed by atoms with Gasteiger partial charge in [0.05, 0.1) is 12.8 Å². The van der Waals surface area contributed by atoms with Crippen LogP contribution in [0.5, 0.6) is 5.75 Å². The van der Waals surface area contributed by atoms with E-state index in [-0.39, 0.29) is 0 Å². The van der Waals surface area contributed by atoms with Crippen LogP contribution in [0.4, 0.5) is 5.69 Å². The smallest absolute Gasteiger partial charge is 0.119 e. The number of benzene rings is 1. The van der Waals surface area contributed by atoms with E-state index in [0.29, 0.717) is 5.69 Å². The van der Waals surface area contributed by atoms with Crippen molar-refractivity contribution in [2.24, 2.45) is 0 Å². The summed E-state index contributed by atoms with van der Waals surface area (Å²) in [5.74, 6) is 0.793. The molecule has 0 unspecified atom stereocenters. The predicted octanol–water partition coefficient (Wildman–Crippen LogP) is 1.80. The number of aryl methyl sites for hydroxylation is 1. The molecule has 0 fully saturated rings. The fourth-order valence-corrected chi connectivity index (χ4v) is 0.889. The Morgan fingerprint density at radius 2 is 2.18 bits per heavy atom. The van der Waals surface area contributed by atoms with Crippen molar-refractivity contribution in [2.45, 2.75) is 6.92 Å². The number of methoxy groups -OCH3 is 1. The summed E-state index contributed by atoms with van der Waals surface area (Å²) >= 11 is 0. The quantitative estimate of drug-likeness (QED) is 0.636. The van der Waals surface area contributed by atoms with Gasteiger partial charge in [-0.15, -0.1) is 0 Å². The molecule has 1 aromatic carbocycles. The highest BCUT2D eigenvalue weighted by Gasteiger charge is 1.97. The van der Waals surface area contributed by atoms with Gasteiger partial charge in [-0.25, -0.2) is 0 Å². The van der Waals surface area contributed by atoms with Crippen LogP contribution in [0.25, 0.3) is 0 Å². The SMILES string of the molecule is COc1ccc(NO)c(C)c1. The molecule has 0 saturated carbocycles. The van der Waals surface area contributed by atoms with Gasteiger partial charge in [-0.2, -0.15) is 0 Å². The van der Waals surface area contributed by atoms with Gasteiger partial charge in [0.2, 0.25) is 0 Å². The standard InChI is InChI=1S/C8H11NO2/c1-6-5-7(11-2)3-4-8(6)9-10/h3-5,9-10H,1-2H3. The van der Waals surface area contributed by atoms with Crippen LogP contribution in [0.2, 0.25) is 0 Å². The van der Waals surface area contributed by atoms with Crippen LogP contribution < -0.4 is 10.2 Å². The minimum Gasteiger partial charge on any atom is -0.497 e. The van der Waals surface area contributed by atoms with Gasteiger partial charge in [0.15, 0.2) is 0 Å². The Morgan fingerprint density at radius 3 is 2.64 bits per heavy atom. The van der Waals surface area contributed by atoms with E-state index >= 15 is 0 Å². The van der Waals surface area contributed by atoms with Gasteiger partial charge in [0.25, 0.3) is 0 Å². The predicted molar refractivity (Wildman–Crippen MR) is 43.1 cm³/mol. The molecule has 0 aliphatic heterocycles. The lowest BCUT2D eigenvalue weighted by molar-refractivity contribution is 0.387. The monoisotopic (exact) mass is 153 g/mol. The number of hydrogen-bond acceptors (Lipinski definition) is 3. The van der Waals surface area contributed by atoms with E-state index in [1.807, 2.05) is 13.0 Å². The molecular formula is C8H11NO2. The lowest BCUT2D eigenvalue weighted by Crippen LogP contribution is -1.92. The number of hydrogen-bond donors (Lipinski definition) is 2. The highest BCUT2D eigenvalue weighted by atomic mass is 16.5. The molecule has 0 saturated heterocycles. The molecule has 1 aromatic rings. The molecule has 11 heavy (non-hydrogen) atoms. The van der Waals surface area contributed by atoms with Gasteiger partial charge in [0.1, 0.15) is 5.75 Å². The Labute approximate surface area is 65.6 Å². The molecule has 3 heteroatoms. The first-order valence-electron chi connectivity index (χ1n) is 3.32. The van der Waals surface area contributed by atoms with E-state index in [1.54, 1.807) is 19.2 Å². The second kappa shape index (κ2) is 3.25. The van der Waals surface area contributed by atoms with Gasteiger partial charge in [-0.05, 0) is 30.7 Å². The third-order valence-corrected chi connectivity index (χ3v) is 1.55. The molecule has 0 atom stereocenters. The zero-order chi connectivity index (χ0) is 8.27. The van der Waals surface area contributed by atoms with Crippen LogP contribution in [-0.4, -0.2) is 12.3 Å². The van der Waals surface area contributed by atoms with Crippen LogP contribution in [0.15, 0.2) is 18.2 Å². The zero-order valence-electron chi connectivity index (χ0n) is 6.59. The fourth-order valence-electron chi connectivity index (χ4n) is 0.889. The second-order valence-electron chi connectivity index (χ2n) is 2.29. The fraction of sp³-hybridized carbons (Fsp3) is 0.250. The minimum absolute atomic E-state index is 0.700. The maximum atomic E-state index is 8.59. The average molecular weight is 153 g/mol. The first-order valence-corrected chi connectivity index (χ1v) is 3.32. The van der Waals surface area contributed by atoms with Crippen LogP contribution in [0.1, 0.15) is 5.56 Å². The highest BCUT2D eigenvalue weighted by molar-refractivity contribution is 5.51. The number of rotatable bonds is 2. The van der Waals surface area contributed by atoms with Crippen molar-refractivity contribution in [1.29, 1.82) is 0 Å². The van der Waals surface area contributed by atoms with Crippen molar-refractivity contribution in [1.82, 2.24) is 0 Å². The van der Waals surface area contributed by atoms with E-state index < -0.39 is 0 Å². The molecule has 0 aliphatic carbocycles. The topological polar surface area (TPSA) is 41.5 Å². The third-order valence-electron chi connectivity index (χ3n) is 1.55. The van der Waals surface area contributed by atoms with Gasteiger partial charge >= 0.3 is 0 Å². The van der Waals surface area contributed by atoms with Crippen molar-refractivity contribution in [3.63, 3.8) is 0 Å². The van der Waals surface area contributed by atoms with Crippen molar-refractivity contribution in [2.75, 3.05) is 12.6 Å². The van der Waals surface area contributed by atoms with Crippen molar-refractivity contribution < 1.29 is 9.94 Å². The Morgan fingerprint density at radius 1 is 1.45 bits per heavy atom. The van der Waals surface area contributed by atoms with Crippen LogP contribution in [-0.2, 0) is 0 Å². The Bertz CT molecular complexity index is 248. The molecule has 0 aromatic heterocycles. The summed E-state index contributed by atoms with van der Waals surface area (Å²) in [5, 5.41) is 8.59. The summed E-state index contributed by atoms with van der Waals surface area (Å²) in [6, 6.07) is 5.39. The molecule has 0 amide bonds. The summed E-state index contributed by atoms with van der Waals surface area (Å²) in [7, 11) is 1.61. The first-order chi connectivity index (χ1) is 5.27. The first kappa shape index (κ1) is 7.88. The Kier molecular flexibility index (Phi) is 2.33. The normalized spacial score (nSPS) is 9.36. The number of anilines is 1. The van der Waals surface area contributed by atoms with Crippen molar-refractivity contribution in [3.05, 3.63) is 23.8 Å². The molecule has 0 heterocycles. The summed E-state index contributed by atoms with van der Waals surface area (Å²) in [5.41, 5.74) is 3.74. The van der Waals surface area contributed by atoms with Gasteiger partial charge in [-0.3, -0.25) is 10.7 Å². The van der Waals surface area contributed by atoms with Crippen LogP contribution in [0, 0.1) is 6.92 Å². The summed E-state index contributed by atoms with van der Waals surface area (Å²) < 4.78 is 4.99. The Hall–Kier alpha value is -1.22. The maximum absolute atomic E-state index is 8.59. The lowest BCUT2D eigenvalue weighted by Gasteiger charge is -2.05. The van der Waals surface area contributed by atoms with E-state index in [4.69, 9.17) is 9.94 Å². The van der Waals surface area contributed by atoms with Crippen LogP contribution in [0.3, 0.4) is 0 Å². The molecule has 60 valence electrons. The van der Waals surface area contributed by atoms with Gasteiger partial charge in [0, 0.05) is 0 Å². The Balaban J connectivity index is 2.99. The summed E-state index contributed by atoms with van der Waals surface area (Å²) in [6.45, 7) is 1.89. The lowest BCUT2D eigenvalue weighted by atomic mass is 10.2. The second-order valence-corrected chi connectivity index (χ2v) is 2.29. The van der Waals surface area contributed by atoms with E-state index in [9.17, 15) is 0 Å². The molecule has 0 bridgehead atoms. The summed E-state index contributed by atoms with van der Waals surface area (Å²) in [4.78, 5) is 0. The van der Waals surface area contributed by atoms with Gasteiger partial charge < -0.3 is 4.74 Å². The molecule has 0 radical (unpaired) electrons. The van der Waals surface area contributed by atoms with Crippen LogP contribution >= 0.6 is 0 Å².